The minimum Gasteiger partial charge on any atom is -0.495 e. The standard InChI is InChI=1S/C11H9N5O2/c1-7-9(4-12)10(18-2)3-11(14-7)16-13-5-8(6-17)15-16/h3,5-6H,1-2H3. The van der Waals surface area contributed by atoms with E-state index in [9.17, 15) is 4.79 Å². The van der Waals surface area contributed by atoms with Crippen LogP contribution in [0.1, 0.15) is 21.7 Å². The second kappa shape index (κ2) is 4.63. The van der Waals surface area contributed by atoms with Gasteiger partial charge in [-0.3, -0.25) is 4.79 Å². The van der Waals surface area contributed by atoms with Crippen LogP contribution in [0.5, 0.6) is 5.75 Å². The van der Waals surface area contributed by atoms with E-state index in [1.807, 2.05) is 6.07 Å². The number of carbonyl (C=O) groups excluding carboxylic acids is 1. The van der Waals surface area contributed by atoms with Crippen LogP contribution in [-0.4, -0.2) is 33.4 Å². The summed E-state index contributed by atoms with van der Waals surface area (Å²) in [4.78, 5) is 15.9. The van der Waals surface area contributed by atoms with Gasteiger partial charge in [0.2, 0.25) is 0 Å². The van der Waals surface area contributed by atoms with E-state index in [1.165, 1.54) is 18.1 Å². The van der Waals surface area contributed by atoms with Crippen LogP contribution >= 0.6 is 0 Å². The van der Waals surface area contributed by atoms with Gasteiger partial charge in [-0.05, 0) is 6.92 Å². The fourth-order valence-electron chi connectivity index (χ4n) is 1.47. The van der Waals surface area contributed by atoms with Crippen molar-refractivity contribution in [3.63, 3.8) is 0 Å². The molecule has 0 N–H and O–H groups in total. The predicted octanol–water partition coefficient (Wildman–Crippen LogP) is 0.663. The maximum Gasteiger partial charge on any atom is 0.178 e. The van der Waals surface area contributed by atoms with E-state index < -0.39 is 0 Å². The van der Waals surface area contributed by atoms with Gasteiger partial charge in [-0.1, -0.05) is 0 Å². The zero-order chi connectivity index (χ0) is 13.1. The number of carbonyl (C=O) groups is 1. The van der Waals surface area contributed by atoms with Crippen molar-refractivity contribution in [1.82, 2.24) is 20.0 Å². The van der Waals surface area contributed by atoms with Crippen LogP contribution in [0.15, 0.2) is 12.3 Å². The van der Waals surface area contributed by atoms with Gasteiger partial charge in [-0.2, -0.15) is 10.4 Å². The van der Waals surface area contributed by atoms with Crippen molar-refractivity contribution in [1.29, 1.82) is 5.26 Å². The average Bonchev–Trinajstić information content (AvgIpc) is 2.86. The fourth-order valence-corrected chi connectivity index (χ4v) is 1.47. The number of aryl methyl sites for hydroxylation is 1. The van der Waals surface area contributed by atoms with Gasteiger partial charge in [0.05, 0.1) is 19.0 Å². The summed E-state index contributed by atoms with van der Waals surface area (Å²) in [5.74, 6) is 0.779. The maximum absolute atomic E-state index is 10.5. The molecular weight excluding hydrogens is 234 g/mol. The Kier molecular flexibility index (Phi) is 3.02. The highest BCUT2D eigenvalue weighted by molar-refractivity contribution is 5.70. The van der Waals surface area contributed by atoms with E-state index in [4.69, 9.17) is 10.00 Å². The van der Waals surface area contributed by atoms with Gasteiger partial charge >= 0.3 is 0 Å². The largest absolute Gasteiger partial charge is 0.495 e. The summed E-state index contributed by atoms with van der Waals surface area (Å²) in [7, 11) is 1.47. The molecule has 0 aliphatic rings. The van der Waals surface area contributed by atoms with Crippen LogP contribution in [0.4, 0.5) is 0 Å². The number of nitriles is 1. The zero-order valence-corrected chi connectivity index (χ0v) is 9.78. The van der Waals surface area contributed by atoms with Crippen molar-refractivity contribution in [3.05, 3.63) is 29.2 Å². The molecule has 18 heavy (non-hydrogen) atoms. The molecule has 7 heteroatoms. The summed E-state index contributed by atoms with van der Waals surface area (Å²) < 4.78 is 5.11. The van der Waals surface area contributed by atoms with Crippen LogP contribution in [0.2, 0.25) is 0 Å². The summed E-state index contributed by atoms with van der Waals surface area (Å²) in [6.07, 6.45) is 1.92. The Balaban J connectivity index is 2.56. The Morgan fingerprint density at radius 2 is 2.33 bits per heavy atom. The first-order chi connectivity index (χ1) is 8.69. The maximum atomic E-state index is 10.5. The van der Waals surface area contributed by atoms with Crippen LogP contribution in [-0.2, 0) is 0 Å². The molecule has 2 rings (SSSR count). The summed E-state index contributed by atoms with van der Waals surface area (Å²) >= 11 is 0. The number of nitrogens with zero attached hydrogens (tertiary/aromatic N) is 5. The third-order valence-corrected chi connectivity index (χ3v) is 2.32. The van der Waals surface area contributed by atoms with E-state index in [-0.39, 0.29) is 5.69 Å². The predicted molar refractivity (Wildman–Crippen MR) is 60.5 cm³/mol. The summed E-state index contributed by atoms with van der Waals surface area (Å²) in [6, 6.07) is 3.56. The molecule has 0 fully saturated rings. The molecule has 0 aliphatic carbocycles. The Hall–Kier alpha value is -2.75. The van der Waals surface area contributed by atoms with E-state index in [0.29, 0.717) is 29.1 Å². The Labute approximate surface area is 103 Å². The molecule has 0 unspecified atom stereocenters. The molecule has 0 aliphatic heterocycles. The van der Waals surface area contributed by atoms with Gasteiger partial charge in [0.15, 0.2) is 12.1 Å². The molecule has 0 spiro atoms. The molecule has 90 valence electrons. The molecule has 2 aromatic rings. The van der Waals surface area contributed by atoms with Crippen molar-refractivity contribution < 1.29 is 9.53 Å². The lowest BCUT2D eigenvalue weighted by atomic mass is 10.2. The fraction of sp³-hybridized carbons (Fsp3) is 0.182. The number of ether oxygens (including phenoxy) is 1. The molecule has 2 heterocycles. The molecular formula is C11H9N5O2. The first kappa shape index (κ1) is 11.7. The smallest absolute Gasteiger partial charge is 0.178 e. The number of hydrogen-bond acceptors (Lipinski definition) is 6. The second-order valence-corrected chi connectivity index (χ2v) is 3.43. The monoisotopic (exact) mass is 243 g/mol. The lowest BCUT2D eigenvalue weighted by Crippen LogP contribution is -2.05. The van der Waals surface area contributed by atoms with Crippen molar-refractivity contribution in [2.24, 2.45) is 0 Å². The second-order valence-electron chi connectivity index (χ2n) is 3.43. The number of aromatic nitrogens is 4. The third kappa shape index (κ3) is 1.91. The number of methoxy groups -OCH3 is 1. The Morgan fingerprint density at radius 1 is 1.56 bits per heavy atom. The van der Waals surface area contributed by atoms with Crippen molar-refractivity contribution >= 4 is 6.29 Å². The van der Waals surface area contributed by atoms with Crippen molar-refractivity contribution in [2.45, 2.75) is 6.92 Å². The number of hydrogen-bond donors (Lipinski definition) is 0. The molecule has 0 amide bonds. The normalized spacial score (nSPS) is 9.83. The minimum absolute atomic E-state index is 0.206. The van der Waals surface area contributed by atoms with Crippen LogP contribution < -0.4 is 4.74 Å². The van der Waals surface area contributed by atoms with Gasteiger partial charge in [-0.25, -0.2) is 4.98 Å². The topological polar surface area (TPSA) is 93.7 Å². The van der Waals surface area contributed by atoms with E-state index in [0.717, 1.165) is 0 Å². The van der Waals surface area contributed by atoms with Gasteiger partial charge in [-0.15, -0.1) is 9.90 Å². The van der Waals surface area contributed by atoms with Gasteiger partial charge in [0.25, 0.3) is 0 Å². The first-order valence-corrected chi connectivity index (χ1v) is 5.03. The Bertz CT molecular complexity index is 641. The average molecular weight is 243 g/mol. The van der Waals surface area contributed by atoms with Crippen LogP contribution in [0.3, 0.4) is 0 Å². The summed E-state index contributed by atoms with van der Waals surface area (Å²) in [6.45, 7) is 1.69. The van der Waals surface area contributed by atoms with E-state index in [1.54, 1.807) is 13.0 Å². The molecule has 0 saturated heterocycles. The highest BCUT2D eigenvalue weighted by Gasteiger charge is 2.12. The SMILES string of the molecule is COc1cc(-n2ncc(C=O)n2)nc(C)c1C#N. The van der Waals surface area contributed by atoms with Crippen LogP contribution in [0, 0.1) is 18.3 Å². The summed E-state index contributed by atoms with van der Waals surface area (Å²) in [5, 5.41) is 16.8. The van der Waals surface area contributed by atoms with Gasteiger partial charge in [0.1, 0.15) is 23.1 Å². The molecule has 0 bridgehead atoms. The molecule has 0 atom stereocenters. The number of aldehydes is 1. The van der Waals surface area contributed by atoms with Gasteiger partial charge in [0, 0.05) is 6.07 Å². The lowest BCUT2D eigenvalue weighted by molar-refractivity contribution is 0.111. The highest BCUT2D eigenvalue weighted by atomic mass is 16.5. The summed E-state index contributed by atoms with van der Waals surface area (Å²) in [5.41, 5.74) is 1.08. The van der Waals surface area contributed by atoms with E-state index in [2.05, 4.69) is 15.2 Å². The first-order valence-electron chi connectivity index (χ1n) is 5.03. The van der Waals surface area contributed by atoms with Crippen molar-refractivity contribution in [3.8, 4) is 17.6 Å². The quantitative estimate of drug-likeness (QED) is 0.735. The molecule has 0 saturated carbocycles. The van der Waals surface area contributed by atoms with Crippen molar-refractivity contribution in [2.75, 3.05) is 7.11 Å². The molecule has 2 aromatic heterocycles. The number of rotatable bonds is 3. The highest BCUT2D eigenvalue weighted by Crippen LogP contribution is 2.22. The number of pyridine rings is 1. The molecule has 0 aromatic carbocycles. The molecule has 0 radical (unpaired) electrons. The zero-order valence-electron chi connectivity index (χ0n) is 9.78. The lowest BCUT2D eigenvalue weighted by Gasteiger charge is -2.07. The van der Waals surface area contributed by atoms with Crippen LogP contribution in [0.25, 0.3) is 5.82 Å². The minimum atomic E-state index is 0.206. The third-order valence-electron chi connectivity index (χ3n) is 2.32. The van der Waals surface area contributed by atoms with Gasteiger partial charge < -0.3 is 4.74 Å². The molecule has 7 nitrogen and oxygen atoms in total. The van der Waals surface area contributed by atoms with E-state index >= 15 is 0 Å². The Morgan fingerprint density at radius 3 is 2.89 bits per heavy atom.